The second kappa shape index (κ2) is 5.80. The summed E-state index contributed by atoms with van der Waals surface area (Å²) in [5.41, 5.74) is 5.49. The maximum absolute atomic E-state index is 6.16. The van der Waals surface area contributed by atoms with Crippen molar-refractivity contribution in [1.29, 1.82) is 0 Å². The largest absolute Gasteiger partial charge is 0.379 e. The predicted octanol–water partition coefficient (Wildman–Crippen LogP) is 2.01. The lowest BCUT2D eigenvalue weighted by atomic mass is 9.83. The van der Waals surface area contributed by atoms with Crippen molar-refractivity contribution in [2.75, 3.05) is 13.2 Å². The van der Waals surface area contributed by atoms with Gasteiger partial charge >= 0.3 is 0 Å². The second-order valence-electron chi connectivity index (χ2n) is 5.48. The summed E-state index contributed by atoms with van der Waals surface area (Å²) < 4.78 is 10.7. The fraction of sp³-hybridized carbons (Fsp3) is 0.846. The molecular weight excluding hydrogens is 230 g/mol. The molecular formula is C13H23N3O2. The summed E-state index contributed by atoms with van der Waals surface area (Å²) in [6.45, 7) is 5.07. The number of hydrogen-bond acceptors (Lipinski definition) is 5. The Morgan fingerprint density at radius 3 is 2.89 bits per heavy atom. The minimum absolute atomic E-state index is 0.420. The minimum atomic E-state index is -0.670. The van der Waals surface area contributed by atoms with Gasteiger partial charge in [0.25, 0.3) is 0 Å². The molecule has 0 amide bonds. The average Bonchev–Trinajstić information content (AvgIpc) is 2.73. The van der Waals surface area contributed by atoms with E-state index in [0.29, 0.717) is 24.9 Å². The maximum atomic E-state index is 6.16. The van der Waals surface area contributed by atoms with E-state index in [1.165, 1.54) is 19.3 Å². The van der Waals surface area contributed by atoms with Crippen molar-refractivity contribution in [3.8, 4) is 0 Å². The molecule has 1 atom stereocenters. The van der Waals surface area contributed by atoms with Crippen LogP contribution in [0.2, 0.25) is 0 Å². The van der Waals surface area contributed by atoms with Crippen molar-refractivity contribution in [3.63, 3.8) is 0 Å². The molecule has 0 spiro atoms. The molecule has 18 heavy (non-hydrogen) atoms. The molecule has 1 fully saturated rings. The summed E-state index contributed by atoms with van der Waals surface area (Å²) in [7, 11) is 0. The highest BCUT2D eigenvalue weighted by molar-refractivity contribution is 5.02. The first kappa shape index (κ1) is 13.5. The van der Waals surface area contributed by atoms with Gasteiger partial charge in [-0.25, -0.2) is 0 Å². The Bertz CT molecular complexity index is 372. The zero-order valence-corrected chi connectivity index (χ0v) is 11.3. The zero-order valence-electron chi connectivity index (χ0n) is 11.3. The van der Waals surface area contributed by atoms with Crippen LogP contribution in [0.4, 0.5) is 0 Å². The quantitative estimate of drug-likeness (QED) is 0.752. The summed E-state index contributed by atoms with van der Waals surface area (Å²) in [4.78, 5) is 4.40. The van der Waals surface area contributed by atoms with E-state index in [1.807, 2.05) is 6.92 Å². The lowest BCUT2D eigenvalue weighted by Crippen LogP contribution is -2.39. The summed E-state index contributed by atoms with van der Waals surface area (Å²) >= 11 is 0. The highest BCUT2D eigenvalue weighted by Crippen LogP contribution is 2.29. The molecule has 0 saturated heterocycles. The van der Waals surface area contributed by atoms with E-state index in [-0.39, 0.29) is 0 Å². The standard InChI is InChI=1S/C13H23N3O2/c1-3-7-17-9-13(2,14)12-15-11(18-16-12)8-10-5-4-6-10/h10H,3-9,14H2,1-2H3. The Morgan fingerprint density at radius 1 is 1.50 bits per heavy atom. The van der Waals surface area contributed by atoms with Gasteiger partial charge in [0.05, 0.1) is 6.61 Å². The molecule has 1 saturated carbocycles. The predicted molar refractivity (Wildman–Crippen MR) is 68.0 cm³/mol. The third-order valence-corrected chi connectivity index (χ3v) is 3.42. The van der Waals surface area contributed by atoms with Gasteiger partial charge in [-0.3, -0.25) is 0 Å². The van der Waals surface area contributed by atoms with Crippen molar-refractivity contribution in [1.82, 2.24) is 10.1 Å². The molecule has 5 heteroatoms. The van der Waals surface area contributed by atoms with Crippen LogP contribution in [0.3, 0.4) is 0 Å². The van der Waals surface area contributed by atoms with E-state index >= 15 is 0 Å². The Kier molecular flexibility index (Phi) is 4.35. The van der Waals surface area contributed by atoms with Gasteiger partial charge in [-0.2, -0.15) is 4.98 Å². The first-order valence-corrected chi connectivity index (χ1v) is 6.81. The minimum Gasteiger partial charge on any atom is -0.379 e. The molecule has 1 heterocycles. The van der Waals surface area contributed by atoms with Gasteiger partial charge in [0.1, 0.15) is 5.54 Å². The SMILES string of the molecule is CCCOCC(C)(N)c1noc(CC2CCC2)n1. The number of hydrogen-bond donors (Lipinski definition) is 1. The number of ether oxygens (including phenoxy) is 1. The van der Waals surface area contributed by atoms with Gasteiger partial charge in [-0.05, 0) is 32.1 Å². The normalized spacial score (nSPS) is 19.5. The van der Waals surface area contributed by atoms with E-state index in [2.05, 4.69) is 17.1 Å². The van der Waals surface area contributed by atoms with E-state index in [0.717, 1.165) is 18.8 Å². The fourth-order valence-corrected chi connectivity index (χ4v) is 2.01. The van der Waals surface area contributed by atoms with Crippen LogP contribution in [0.1, 0.15) is 51.2 Å². The summed E-state index contributed by atoms with van der Waals surface area (Å²) in [5, 5.41) is 3.99. The van der Waals surface area contributed by atoms with Crippen LogP contribution in [-0.4, -0.2) is 23.4 Å². The van der Waals surface area contributed by atoms with E-state index in [4.69, 9.17) is 15.0 Å². The molecule has 0 aromatic carbocycles. The van der Waals surface area contributed by atoms with E-state index in [1.54, 1.807) is 0 Å². The van der Waals surface area contributed by atoms with Crippen LogP contribution in [0, 0.1) is 5.92 Å². The van der Waals surface area contributed by atoms with Crippen LogP contribution in [0.15, 0.2) is 4.52 Å². The molecule has 2 rings (SSSR count). The third kappa shape index (κ3) is 3.29. The highest BCUT2D eigenvalue weighted by Gasteiger charge is 2.29. The van der Waals surface area contributed by atoms with Crippen LogP contribution in [-0.2, 0) is 16.7 Å². The molecule has 1 aliphatic carbocycles. The van der Waals surface area contributed by atoms with Crippen molar-refractivity contribution < 1.29 is 9.26 Å². The van der Waals surface area contributed by atoms with Crippen molar-refractivity contribution in [3.05, 3.63) is 11.7 Å². The molecule has 0 bridgehead atoms. The lowest BCUT2D eigenvalue weighted by Gasteiger charge is -2.23. The molecule has 2 N–H and O–H groups in total. The van der Waals surface area contributed by atoms with Crippen LogP contribution < -0.4 is 5.73 Å². The third-order valence-electron chi connectivity index (χ3n) is 3.42. The summed E-state index contributed by atoms with van der Waals surface area (Å²) in [6, 6.07) is 0. The molecule has 1 aliphatic rings. The molecule has 0 aliphatic heterocycles. The van der Waals surface area contributed by atoms with E-state index < -0.39 is 5.54 Å². The lowest BCUT2D eigenvalue weighted by molar-refractivity contribution is 0.0867. The summed E-state index contributed by atoms with van der Waals surface area (Å²) in [6.07, 6.45) is 5.74. The smallest absolute Gasteiger partial charge is 0.226 e. The summed E-state index contributed by atoms with van der Waals surface area (Å²) in [5.74, 6) is 1.98. The second-order valence-corrected chi connectivity index (χ2v) is 5.48. The number of aromatic nitrogens is 2. The first-order valence-electron chi connectivity index (χ1n) is 6.81. The molecule has 1 aromatic rings. The van der Waals surface area contributed by atoms with Crippen LogP contribution in [0.25, 0.3) is 0 Å². The molecule has 5 nitrogen and oxygen atoms in total. The number of nitrogens with zero attached hydrogens (tertiary/aromatic N) is 2. The van der Waals surface area contributed by atoms with Gasteiger partial charge in [0, 0.05) is 13.0 Å². The first-order chi connectivity index (χ1) is 8.62. The molecule has 1 unspecified atom stereocenters. The topological polar surface area (TPSA) is 74.2 Å². The van der Waals surface area contributed by atoms with Crippen LogP contribution in [0.5, 0.6) is 0 Å². The Hall–Kier alpha value is -0.940. The molecule has 0 radical (unpaired) electrons. The monoisotopic (exact) mass is 253 g/mol. The maximum Gasteiger partial charge on any atom is 0.226 e. The van der Waals surface area contributed by atoms with E-state index in [9.17, 15) is 0 Å². The van der Waals surface area contributed by atoms with Gasteiger partial charge < -0.3 is 15.0 Å². The van der Waals surface area contributed by atoms with Crippen molar-refractivity contribution in [2.45, 2.75) is 51.5 Å². The highest BCUT2D eigenvalue weighted by atomic mass is 16.5. The average molecular weight is 253 g/mol. The van der Waals surface area contributed by atoms with Gasteiger partial charge in [-0.15, -0.1) is 0 Å². The van der Waals surface area contributed by atoms with Gasteiger partial charge in [-0.1, -0.05) is 18.5 Å². The Labute approximate surface area is 108 Å². The Morgan fingerprint density at radius 2 is 2.28 bits per heavy atom. The fourth-order valence-electron chi connectivity index (χ4n) is 2.01. The Balaban J connectivity index is 1.90. The molecule has 1 aromatic heterocycles. The van der Waals surface area contributed by atoms with Gasteiger partial charge in [0.2, 0.25) is 5.89 Å². The van der Waals surface area contributed by atoms with Crippen molar-refractivity contribution in [2.24, 2.45) is 11.7 Å². The zero-order chi connectivity index (χ0) is 13.0. The number of nitrogens with two attached hydrogens (primary N) is 1. The van der Waals surface area contributed by atoms with Crippen molar-refractivity contribution >= 4 is 0 Å². The van der Waals surface area contributed by atoms with Crippen LogP contribution >= 0.6 is 0 Å². The molecule has 102 valence electrons. The number of rotatable bonds is 7. The van der Waals surface area contributed by atoms with Gasteiger partial charge in [0.15, 0.2) is 5.82 Å².